The molecule has 2 aliphatic heterocycles. The lowest BCUT2D eigenvalue weighted by molar-refractivity contribution is -0.201. The van der Waals surface area contributed by atoms with Crippen molar-refractivity contribution in [3.8, 4) is 6.07 Å². The number of likely N-dealkylation sites (tertiary alicyclic amines) is 1. The highest BCUT2D eigenvalue weighted by Crippen LogP contribution is 2.59. The van der Waals surface area contributed by atoms with Crippen LogP contribution in [0.5, 0.6) is 0 Å². The number of carbonyl (C=O) groups is 2. The summed E-state index contributed by atoms with van der Waals surface area (Å²) >= 11 is 6.39. The van der Waals surface area contributed by atoms with Crippen LogP contribution in [0.2, 0.25) is 5.02 Å². The topological polar surface area (TPSA) is 132 Å². The normalized spacial score (nSPS) is 25.5. The number of carbonyl (C=O) groups excluding carboxylic acids is 2. The summed E-state index contributed by atoms with van der Waals surface area (Å²) in [6.07, 6.45) is -8.06. The molecule has 39 heavy (non-hydrogen) atoms. The van der Waals surface area contributed by atoms with E-state index in [1.807, 2.05) is 11.0 Å². The summed E-state index contributed by atoms with van der Waals surface area (Å²) in [5, 5.41) is 13.4. The number of halogens is 4. The molecule has 2 amide bonds. The minimum Gasteiger partial charge on any atom is -0.425 e. The molecule has 2 saturated heterocycles. The molecule has 0 spiro atoms. The zero-order valence-corrected chi connectivity index (χ0v) is 22.3. The Bertz CT molecular complexity index is 1320. The lowest BCUT2D eigenvalue weighted by Gasteiger charge is -2.30. The number of benzene rings is 1. The number of nitrogens with one attached hydrogen (secondary N) is 2. The van der Waals surface area contributed by atoms with Gasteiger partial charge in [0, 0.05) is 44.8 Å². The van der Waals surface area contributed by atoms with Crippen molar-refractivity contribution in [3.63, 3.8) is 0 Å². The Balaban J connectivity index is 1.39. The quantitative estimate of drug-likeness (QED) is 0.518. The predicted molar refractivity (Wildman–Crippen MR) is 133 cm³/mol. The summed E-state index contributed by atoms with van der Waals surface area (Å²) in [7, 11) is -4.24. The molecule has 2 heterocycles. The maximum atomic E-state index is 13.8. The number of amides is 2. The van der Waals surface area contributed by atoms with Crippen LogP contribution in [-0.2, 0) is 19.4 Å². The molecule has 2 saturated carbocycles. The number of nitrogens with zero attached hydrogens (tertiary/aromatic N) is 3. The maximum absolute atomic E-state index is 13.8. The fourth-order valence-corrected chi connectivity index (χ4v) is 7.31. The van der Waals surface area contributed by atoms with Gasteiger partial charge in [-0.2, -0.15) is 18.4 Å². The van der Waals surface area contributed by atoms with E-state index in [0.29, 0.717) is 30.8 Å². The fourth-order valence-electron chi connectivity index (χ4n) is 5.09. The van der Waals surface area contributed by atoms with Crippen molar-refractivity contribution in [2.24, 2.45) is 5.41 Å². The lowest BCUT2D eigenvalue weighted by atomic mass is 10.1. The molecule has 1 aromatic carbocycles. The van der Waals surface area contributed by atoms with E-state index in [2.05, 4.69) is 10.6 Å². The van der Waals surface area contributed by atoms with Gasteiger partial charge in [0.05, 0.1) is 21.2 Å². The molecule has 5 rings (SSSR count). The Morgan fingerprint density at radius 3 is 2.38 bits per heavy atom. The molecule has 4 aliphatic rings. The predicted octanol–water partition coefficient (Wildman–Crippen LogP) is 2.58. The molecule has 0 aromatic heterocycles. The third kappa shape index (κ3) is 5.12. The molecule has 212 valence electrons. The van der Waals surface area contributed by atoms with E-state index in [9.17, 15) is 36.4 Å². The zero-order chi connectivity index (χ0) is 28.2. The first-order valence-corrected chi connectivity index (χ1v) is 14.5. The molecule has 0 bridgehead atoms. The van der Waals surface area contributed by atoms with Crippen molar-refractivity contribution in [3.05, 3.63) is 23.2 Å². The first kappa shape index (κ1) is 27.8. The van der Waals surface area contributed by atoms with Crippen molar-refractivity contribution in [2.45, 2.75) is 60.2 Å². The molecule has 2 atom stereocenters. The van der Waals surface area contributed by atoms with E-state index in [1.54, 1.807) is 6.07 Å². The van der Waals surface area contributed by atoms with Gasteiger partial charge in [-0.25, -0.2) is 13.2 Å². The number of hydrogen-bond acceptors (Lipinski definition) is 8. The van der Waals surface area contributed by atoms with Gasteiger partial charge in [0.25, 0.3) is 0 Å². The van der Waals surface area contributed by atoms with Gasteiger partial charge in [0.1, 0.15) is 11.0 Å². The third-order valence-electron chi connectivity index (χ3n) is 7.87. The van der Waals surface area contributed by atoms with E-state index < -0.39 is 76.3 Å². The smallest absolute Gasteiger partial charge is 0.410 e. The molecule has 10 nitrogen and oxygen atoms in total. The summed E-state index contributed by atoms with van der Waals surface area (Å²) in [6.45, 7) is 2.33. The van der Waals surface area contributed by atoms with Crippen LogP contribution in [0.4, 0.5) is 23.7 Å². The van der Waals surface area contributed by atoms with Crippen LogP contribution in [0.15, 0.2) is 23.1 Å². The highest BCUT2D eigenvalue weighted by Gasteiger charge is 2.70. The molecule has 2 N–H and O–H groups in total. The highest BCUT2D eigenvalue weighted by molar-refractivity contribution is 7.92. The van der Waals surface area contributed by atoms with Gasteiger partial charge in [-0.1, -0.05) is 11.6 Å². The Morgan fingerprint density at radius 2 is 1.85 bits per heavy atom. The minimum absolute atomic E-state index is 0.0512. The number of nitriles is 1. The molecule has 4 fully saturated rings. The number of rotatable bonds is 6. The summed E-state index contributed by atoms with van der Waals surface area (Å²) < 4.78 is 73.8. The van der Waals surface area contributed by atoms with Gasteiger partial charge in [0.2, 0.25) is 5.91 Å². The number of alkyl halides is 3. The number of hydrogen-bond donors (Lipinski definition) is 2. The van der Waals surface area contributed by atoms with Crippen LogP contribution in [0.3, 0.4) is 0 Å². The number of piperazine rings is 1. The SMILES string of the molecule is N#CC1(NC(=O)O[C@H]2C[C@@H](S(=O)(=O)c3ccc(N4CCNCC4)cc3Cl)CN2C(=O)C2(C(F)(F)F)CC2)CC1. The van der Waals surface area contributed by atoms with Crippen LogP contribution in [-0.4, -0.2) is 81.2 Å². The summed E-state index contributed by atoms with van der Waals surface area (Å²) in [4.78, 5) is 28.1. The fraction of sp³-hybridized carbons (Fsp3) is 0.625. The first-order valence-electron chi connectivity index (χ1n) is 12.6. The van der Waals surface area contributed by atoms with Crippen molar-refractivity contribution in [1.82, 2.24) is 15.5 Å². The highest BCUT2D eigenvalue weighted by atomic mass is 35.5. The van der Waals surface area contributed by atoms with Gasteiger partial charge < -0.3 is 25.2 Å². The van der Waals surface area contributed by atoms with Crippen molar-refractivity contribution >= 4 is 39.1 Å². The number of anilines is 1. The minimum atomic E-state index is -4.84. The van der Waals surface area contributed by atoms with Crippen LogP contribution < -0.4 is 15.5 Å². The monoisotopic (exact) mass is 589 g/mol. The zero-order valence-electron chi connectivity index (χ0n) is 20.8. The largest absolute Gasteiger partial charge is 0.425 e. The standard InChI is InChI=1S/C24H27ClF3N5O5S/c25-17-11-15(32-9-7-30-8-10-32)1-2-18(17)39(36,37)16-12-19(38-21(35)31-22(14-29)3-4-22)33(13-16)20(34)23(5-6-23)24(26,27)28/h1-2,11,16,19,30H,3-10,12-13H2,(H,31,35)/t16-,19+/m1/s1. The van der Waals surface area contributed by atoms with Crippen LogP contribution in [0.1, 0.15) is 32.1 Å². The van der Waals surface area contributed by atoms with Crippen molar-refractivity contribution in [1.29, 1.82) is 5.26 Å². The maximum Gasteiger partial charge on any atom is 0.410 e. The second kappa shape index (κ2) is 9.71. The summed E-state index contributed by atoms with van der Waals surface area (Å²) in [5.74, 6) is -1.33. The Kier molecular flexibility index (Phi) is 6.92. The second-order valence-electron chi connectivity index (χ2n) is 10.5. The number of ether oxygens (including phenoxy) is 1. The van der Waals surface area contributed by atoms with E-state index in [0.717, 1.165) is 18.8 Å². The summed E-state index contributed by atoms with van der Waals surface area (Å²) in [5.41, 5.74) is -3.02. The van der Waals surface area contributed by atoms with Crippen LogP contribution in [0.25, 0.3) is 0 Å². The Morgan fingerprint density at radius 1 is 1.18 bits per heavy atom. The van der Waals surface area contributed by atoms with E-state index >= 15 is 0 Å². The first-order chi connectivity index (χ1) is 18.3. The van der Waals surface area contributed by atoms with Gasteiger partial charge in [-0.05, 0) is 43.9 Å². The van der Waals surface area contributed by atoms with Crippen molar-refractivity contribution in [2.75, 3.05) is 37.6 Å². The Hall–Kier alpha value is -2.76. The molecule has 2 aliphatic carbocycles. The van der Waals surface area contributed by atoms with E-state index in [4.69, 9.17) is 16.3 Å². The van der Waals surface area contributed by atoms with Gasteiger partial charge in [0.15, 0.2) is 16.1 Å². The second-order valence-corrected chi connectivity index (χ2v) is 13.1. The molecule has 15 heteroatoms. The Labute approximate surface area is 228 Å². The molecule has 0 unspecified atom stereocenters. The molecular weight excluding hydrogens is 563 g/mol. The van der Waals surface area contributed by atoms with Gasteiger partial charge >= 0.3 is 12.3 Å². The molecular formula is C24H27ClF3N5O5S. The van der Waals surface area contributed by atoms with Crippen molar-refractivity contribution < 1.29 is 35.9 Å². The average Bonchev–Trinajstić information content (AvgIpc) is 3.81. The number of alkyl carbamates (subject to hydrolysis) is 1. The van der Waals surface area contributed by atoms with Crippen LogP contribution >= 0.6 is 11.6 Å². The average molecular weight is 590 g/mol. The number of sulfone groups is 1. The van der Waals surface area contributed by atoms with Gasteiger partial charge in [-0.3, -0.25) is 4.79 Å². The van der Waals surface area contributed by atoms with Gasteiger partial charge in [-0.15, -0.1) is 0 Å². The molecule has 1 aromatic rings. The third-order valence-corrected chi connectivity index (χ3v) is 10.5. The lowest BCUT2D eigenvalue weighted by Crippen LogP contribution is -2.49. The molecule has 0 radical (unpaired) electrons. The van der Waals surface area contributed by atoms with E-state index in [-0.39, 0.29) is 9.92 Å². The van der Waals surface area contributed by atoms with E-state index in [1.165, 1.54) is 12.1 Å². The van der Waals surface area contributed by atoms with Crippen LogP contribution in [0, 0.1) is 16.7 Å². The summed E-state index contributed by atoms with van der Waals surface area (Å²) in [6, 6.07) is 6.42.